The molecule has 2 aliphatic rings. The molecule has 3 aromatic rings. The second-order valence-corrected chi connectivity index (χ2v) is 8.57. The van der Waals surface area contributed by atoms with Crippen molar-refractivity contribution in [3.05, 3.63) is 48.2 Å². The number of rotatable bonds is 5. The zero-order valence-electron chi connectivity index (χ0n) is 19.1. The number of hydrogen-bond donors (Lipinski definition) is 3. The van der Waals surface area contributed by atoms with Crippen molar-refractivity contribution in [2.45, 2.75) is 18.8 Å². The highest BCUT2D eigenvalue weighted by atomic mass is 16.6. The maximum atomic E-state index is 12.4. The first kappa shape index (κ1) is 22.1. The minimum Gasteiger partial charge on any atom is -0.497 e. The second-order valence-electron chi connectivity index (χ2n) is 8.57. The summed E-state index contributed by atoms with van der Waals surface area (Å²) in [4.78, 5) is 30.1. The van der Waals surface area contributed by atoms with Gasteiger partial charge in [-0.15, -0.1) is 0 Å². The first-order valence-electron chi connectivity index (χ1n) is 11.5. The fraction of sp³-hybridized carbons (Fsp3) is 0.360. The predicted octanol–water partition coefficient (Wildman–Crippen LogP) is 3.48. The molecule has 1 saturated heterocycles. The van der Waals surface area contributed by atoms with Crippen molar-refractivity contribution in [2.75, 3.05) is 45.3 Å². The normalized spacial score (nSPS) is 16.3. The molecule has 5 rings (SSSR count). The van der Waals surface area contributed by atoms with Gasteiger partial charge in [0.1, 0.15) is 19.0 Å². The van der Waals surface area contributed by atoms with Crippen LogP contribution in [0.15, 0.2) is 42.6 Å². The molecule has 1 aromatic heterocycles. The Morgan fingerprint density at radius 3 is 2.68 bits per heavy atom. The summed E-state index contributed by atoms with van der Waals surface area (Å²) in [6, 6.07) is 10.6. The van der Waals surface area contributed by atoms with E-state index >= 15 is 0 Å². The van der Waals surface area contributed by atoms with E-state index in [0.717, 1.165) is 37.2 Å². The monoisotopic (exact) mass is 464 g/mol. The van der Waals surface area contributed by atoms with Crippen LogP contribution in [0.1, 0.15) is 24.3 Å². The van der Waals surface area contributed by atoms with Gasteiger partial charge in [0, 0.05) is 28.9 Å². The molecule has 0 unspecified atom stereocenters. The number of carbonyl (C=O) groups is 2. The number of piperidine rings is 1. The SMILES string of the molecule is COc1ccc2[nH]cc(C3CCN(CC(=O)NC(=O)Nc4ccc5c(c4)OCCO5)CC3)c2c1. The number of aromatic nitrogens is 1. The van der Waals surface area contributed by atoms with Gasteiger partial charge in [0.2, 0.25) is 5.91 Å². The van der Waals surface area contributed by atoms with E-state index < -0.39 is 6.03 Å². The van der Waals surface area contributed by atoms with Crippen LogP contribution in [-0.2, 0) is 4.79 Å². The van der Waals surface area contributed by atoms with Gasteiger partial charge in [-0.1, -0.05) is 0 Å². The topological polar surface area (TPSA) is 105 Å². The van der Waals surface area contributed by atoms with Crippen LogP contribution in [0.5, 0.6) is 17.2 Å². The van der Waals surface area contributed by atoms with E-state index in [-0.39, 0.29) is 12.5 Å². The van der Waals surface area contributed by atoms with E-state index in [2.05, 4.69) is 32.8 Å². The second kappa shape index (κ2) is 9.64. The number of urea groups is 1. The highest BCUT2D eigenvalue weighted by Gasteiger charge is 2.24. The predicted molar refractivity (Wildman–Crippen MR) is 128 cm³/mol. The number of likely N-dealkylation sites (tertiary alicyclic amines) is 1. The van der Waals surface area contributed by atoms with Crippen molar-refractivity contribution in [3.8, 4) is 17.2 Å². The van der Waals surface area contributed by atoms with Crippen LogP contribution < -0.4 is 24.8 Å². The fourth-order valence-electron chi connectivity index (χ4n) is 4.64. The molecule has 0 atom stereocenters. The minimum atomic E-state index is -0.565. The van der Waals surface area contributed by atoms with Gasteiger partial charge in [0.25, 0.3) is 0 Å². The number of methoxy groups -OCH3 is 1. The van der Waals surface area contributed by atoms with Crippen molar-refractivity contribution in [3.63, 3.8) is 0 Å². The van der Waals surface area contributed by atoms with E-state index in [9.17, 15) is 9.59 Å². The molecule has 1 fully saturated rings. The molecule has 3 heterocycles. The van der Waals surface area contributed by atoms with Crippen LogP contribution >= 0.6 is 0 Å². The maximum Gasteiger partial charge on any atom is 0.325 e. The molecule has 3 amide bonds. The molecule has 2 aromatic carbocycles. The highest BCUT2D eigenvalue weighted by Crippen LogP contribution is 2.35. The molecule has 9 nitrogen and oxygen atoms in total. The van der Waals surface area contributed by atoms with E-state index in [1.165, 1.54) is 10.9 Å². The molecular weight excluding hydrogens is 436 g/mol. The third-order valence-corrected chi connectivity index (χ3v) is 6.37. The van der Waals surface area contributed by atoms with Crippen LogP contribution in [0.25, 0.3) is 10.9 Å². The molecule has 3 N–H and O–H groups in total. The van der Waals surface area contributed by atoms with Crippen LogP contribution in [0, 0.1) is 0 Å². The smallest absolute Gasteiger partial charge is 0.325 e. The summed E-state index contributed by atoms with van der Waals surface area (Å²) in [5.41, 5.74) is 2.92. The highest BCUT2D eigenvalue weighted by molar-refractivity contribution is 6.01. The lowest BCUT2D eigenvalue weighted by atomic mass is 9.89. The molecule has 2 aliphatic heterocycles. The van der Waals surface area contributed by atoms with Gasteiger partial charge < -0.3 is 24.5 Å². The lowest BCUT2D eigenvalue weighted by Gasteiger charge is -2.31. The Hall–Kier alpha value is -3.72. The lowest BCUT2D eigenvalue weighted by Crippen LogP contribution is -2.44. The van der Waals surface area contributed by atoms with Crippen molar-refractivity contribution >= 4 is 28.5 Å². The van der Waals surface area contributed by atoms with Gasteiger partial charge in [-0.3, -0.25) is 15.0 Å². The summed E-state index contributed by atoms with van der Waals surface area (Å²) in [6.45, 7) is 2.73. The molecule has 0 bridgehead atoms. The van der Waals surface area contributed by atoms with Gasteiger partial charge in [-0.05, 0) is 67.7 Å². The number of nitrogens with one attached hydrogen (secondary N) is 3. The molecular formula is C25H28N4O5. The third-order valence-electron chi connectivity index (χ3n) is 6.37. The number of carbonyl (C=O) groups excluding carboxylic acids is 2. The van der Waals surface area contributed by atoms with E-state index in [4.69, 9.17) is 14.2 Å². The number of fused-ring (bicyclic) bond motifs is 2. The summed E-state index contributed by atoms with van der Waals surface area (Å²) in [7, 11) is 1.67. The average Bonchev–Trinajstić information content (AvgIpc) is 3.27. The first-order valence-corrected chi connectivity index (χ1v) is 11.5. The number of anilines is 1. The third kappa shape index (κ3) is 4.79. The minimum absolute atomic E-state index is 0.184. The largest absolute Gasteiger partial charge is 0.497 e. The molecule has 178 valence electrons. The molecule has 0 saturated carbocycles. The standard InChI is InChI=1S/C25H28N4O5/c1-32-18-3-4-21-19(13-18)20(14-26-21)16-6-8-29(9-7-16)15-24(30)28-25(31)27-17-2-5-22-23(12-17)34-11-10-33-22/h2-5,12-14,16,26H,6-11,15H2,1H3,(H2,27,28,30,31). The Labute approximate surface area is 197 Å². The summed E-state index contributed by atoms with van der Waals surface area (Å²) < 4.78 is 16.4. The Bertz CT molecular complexity index is 1200. The van der Waals surface area contributed by atoms with E-state index in [1.54, 1.807) is 25.3 Å². The quantitative estimate of drug-likeness (QED) is 0.534. The summed E-state index contributed by atoms with van der Waals surface area (Å²) >= 11 is 0. The van der Waals surface area contributed by atoms with Crippen molar-refractivity contribution < 1.29 is 23.8 Å². The Kier molecular flexibility index (Phi) is 6.27. The van der Waals surface area contributed by atoms with Crippen LogP contribution in [-0.4, -0.2) is 61.8 Å². The van der Waals surface area contributed by atoms with Crippen LogP contribution in [0.3, 0.4) is 0 Å². The zero-order chi connectivity index (χ0) is 23.5. The fourth-order valence-corrected chi connectivity index (χ4v) is 4.64. The Balaban J connectivity index is 1.11. The Morgan fingerprint density at radius 1 is 1.09 bits per heavy atom. The van der Waals surface area contributed by atoms with E-state index in [1.807, 2.05) is 12.1 Å². The number of aromatic amines is 1. The van der Waals surface area contributed by atoms with Crippen molar-refractivity contribution in [1.29, 1.82) is 0 Å². The molecule has 0 aliphatic carbocycles. The van der Waals surface area contributed by atoms with Gasteiger partial charge in [-0.25, -0.2) is 4.79 Å². The first-order chi connectivity index (χ1) is 16.6. The Morgan fingerprint density at radius 2 is 1.88 bits per heavy atom. The zero-order valence-corrected chi connectivity index (χ0v) is 19.1. The lowest BCUT2D eigenvalue weighted by molar-refractivity contribution is -0.121. The number of nitrogens with zero attached hydrogens (tertiary/aromatic N) is 1. The number of imide groups is 1. The van der Waals surface area contributed by atoms with Crippen molar-refractivity contribution in [2.24, 2.45) is 0 Å². The number of H-pyrrole nitrogens is 1. The van der Waals surface area contributed by atoms with Crippen LogP contribution in [0.2, 0.25) is 0 Å². The number of ether oxygens (including phenoxy) is 3. The summed E-state index contributed by atoms with van der Waals surface area (Å²) in [5, 5.41) is 6.27. The maximum absolute atomic E-state index is 12.4. The van der Waals surface area contributed by atoms with Gasteiger partial charge in [0.15, 0.2) is 11.5 Å². The van der Waals surface area contributed by atoms with Gasteiger partial charge >= 0.3 is 6.03 Å². The number of amides is 3. The number of benzene rings is 2. The van der Waals surface area contributed by atoms with E-state index in [0.29, 0.717) is 36.3 Å². The molecule has 0 spiro atoms. The molecule has 0 radical (unpaired) electrons. The van der Waals surface area contributed by atoms with Crippen molar-refractivity contribution in [1.82, 2.24) is 15.2 Å². The van der Waals surface area contributed by atoms with Gasteiger partial charge in [0.05, 0.1) is 13.7 Å². The van der Waals surface area contributed by atoms with Gasteiger partial charge in [-0.2, -0.15) is 0 Å². The summed E-state index contributed by atoms with van der Waals surface area (Å²) in [5.74, 6) is 2.15. The average molecular weight is 465 g/mol. The van der Waals surface area contributed by atoms with Crippen LogP contribution in [0.4, 0.5) is 10.5 Å². The molecule has 9 heteroatoms. The molecule has 34 heavy (non-hydrogen) atoms. The summed E-state index contributed by atoms with van der Waals surface area (Å²) in [6.07, 6.45) is 3.97. The number of hydrogen-bond acceptors (Lipinski definition) is 6.